The van der Waals surface area contributed by atoms with Gasteiger partial charge < -0.3 is 30.7 Å². The van der Waals surface area contributed by atoms with Crippen molar-refractivity contribution in [1.29, 1.82) is 0 Å². The number of carbonyl (C=O) groups is 3. The van der Waals surface area contributed by atoms with Crippen molar-refractivity contribution in [3.8, 4) is 11.5 Å². The fourth-order valence-corrected chi connectivity index (χ4v) is 6.00. The zero-order valence-corrected chi connectivity index (χ0v) is 21.6. The predicted molar refractivity (Wildman–Crippen MR) is 139 cm³/mol. The molecule has 2 fully saturated rings. The number of nitrogens with zero attached hydrogens (tertiary/aromatic N) is 2. The molecule has 3 aliphatic rings. The Kier molecular flexibility index (Phi) is 7.78. The third-order valence-electron chi connectivity index (χ3n) is 7.23. The number of aromatic nitrogens is 1. The molecule has 0 radical (unpaired) electrons. The smallest absolute Gasteiger partial charge is 0.273 e. The quantitative estimate of drug-likeness (QED) is 0.480. The van der Waals surface area contributed by atoms with E-state index in [0.717, 1.165) is 68.5 Å². The lowest BCUT2D eigenvalue weighted by molar-refractivity contribution is -0.122. The standard InChI is InChI=1S/C26H33N5O5S/c27-22-23(25(33)29-18-6-2-1-3-7-18)30-37-24(22)26(34)31(14-21(32)28-17-8-4-5-9-17)13-16-10-11-19-20(12-16)36-15-35-19/h10-12,17-18H,1-9,13-15,27H2,(H,28,32)(H,29,33). The summed E-state index contributed by atoms with van der Waals surface area (Å²) in [5, 5.41) is 6.05. The van der Waals surface area contributed by atoms with Gasteiger partial charge in [0.25, 0.3) is 11.8 Å². The van der Waals surface area contributed by atoms with Gasteiger partial charge in [0.05, 0.1) is 5.69 Å². The van der Waals surface area contributed by atoms with Crippen LogP contribution in [0.3, 0.4) is 0 Å². The van der Waals surface area contributed by atoms with Gasteiger partial charge in [-0.15, -0.1) is 0 Å². The molecule has 4 N–H and O–H groups in total. The molecular formula is C26H33N5O5S. The summed E-state index contributed by atoms with van der Waals surface area (Å²) >= 11 is 0.890. The third kappa shape index (κ3) is 5.98. The number of hydrogen-bond acceptors (Lipinski definition) is 8. The van der Waals surface area contributed by atoms with Gasteiger partial charge in [0.1, 0.15) is 11.4 Å². The van der Waals surface area contributed by atoms with Gasteiger partial charge in [-0.3, -0.25) is 14.4 Å². The molecule has 1 aliphatic heterocycles. The van der Waals surface area contributed by atoms with Crippen molar-refractivity contribution in [1.82, 2.24) is 19.9 Å². The van der Waals surface area contributed by atoms with Gasteiger partial charge >= 0.3 is 0 Å². The van der Waals surface area contributed by atoms with Crippen molar-refractivity contribution in [3.63, 3.8) is 0 Å². The predicted octanol–water partition coefficient (Wildman–Crippen LogP) is 3.22. The molecule has 0 bridgehead atoms. The van der Waals surface area contributed by atoms with Crippen LogP contribution in [0, 0.1) is 0 Å². The van der Waals surface area contributed by atoms with E-state index in [1.165, 1.54) is 11.3 Å². The highest BCUT2D eigenvalue weighted by molar-refractivity contribution is 7.09. The molecule has 11 heteroatoms. The van der Waals surface area contributed by atoms with Crippen molar-refractivity contribution in [2.75, 3.05) is 19.1 Å². The topological polar surface area (TPSA) is 136 Å². The minimum atomic E-state index is -0.439. The van der Waals surface area contributed by atoms with E-state index in [9.17, 15) is 14.4 Å². The SMILES string of the molecule is Nc1c(C(=O)NC2CCCCC2)nsc1C(=O)N(CC(=O)NC1CCCC1)Cc1ccc2c(c1)OCO2. The minimum absolute atomic E-state index is 0.0511. The number of ether oxygens (including phenoxy) is 2. The summed E-state index contributed by atoms with van der Waals surface area (Å²) < 4.78 is 15.1. The highest BCUT2D eigenvalue weighted by Gasteiger charge is 2.29. The maximum Gasteiger partial charge on any atom is 0.273 e. The Balaban J connectivity index is 1.33. The van der Waals surface area contributed by atoms with Gasteiger partial charge in [0.2, 0.25) is 12.7 Å². The number of benzene rings is 1. The number of anilines is 1. The van der Waals surface area contributed by atoms with Gasteiger partial charge in [-0.2, -0.15) is 4.37 Å². The summed E-state index contributed by atoms with van der Waals surface area (Å²) in [5.74, 6) is 0.214. The second-order valence-corrected chi connectivity index (χ2v) is 10.8. The Morgan fingerprint density at radius 1 is 0.973 bits per heavy atom. The monoisotopic (exact) mass is 527 g/mol. The summed E-state index contributed by atoms with van der Waals surface area (Å²) in [6, 6.07) is 5.66. The zero-order chi connectivity index (χ0) is 25.8. The molecule has 10 nitrogen and oxygen atoms in total. The molecular weight excluding hydrogens is 494 g/mol. The first-order valence-electron chi connectivity index (χ1n) is 13.0. The third-order valence-corrected chi connectivity index (χ3v) is 8.08. The molecule has 0 atom stereocenters. The largest absolute Gasteiger partial charge is 0.454 e. The van der Waals surface area contributed by atoms with E-state index < -0.39 is 5.91 Å². The van der Waals surface area contributed by atoms with E-state index in [-0.39, 0.29) is 60.0 Å². The van der Waals surface area contributed by atoms with E-state index in [1.807, 2.05) is 6.07 Å². The van der Waals surface area contributed by atoms with Crippen LogP contribution in [0.5, 0.6) is 11.5 Å². The Bertz CT molecular complexity index is 1160. The summed E-state index contributed by atoms with van der Waals surface area (Å²) in [5.41, 5.74) is 7.18. The summed E-state index contributed by atoms with van der Waals surface area (Å²) in [6.45, 7) is 0.174. The maximum atomic E-state index is 13.7. The number of carbonyl (C=O) groups excluding carboxylic acids is 3. The number of nitrogen functional groups attached to an aromatic ring is 1. The number of fused-ring (bicyclic) bond motifs is 1. The molecule has 2 aliphatic carbocycles. The molecule has 198 valence electrons. The number of nitrogens with two attached hydrogens (primary N) is 1. The first kappa shape index (κ1) is 25.3. The summed E-state index contributed by atoms with van der Waals surface area (Å²) in [7, 11) is 0. The van der Waals surface area contributed by atoms with Gasteiger partial charge in [-0.25, -0.2) is 0 Å². The Morgan fingerprint density at radius 2 is 1.65 bits per heavy atom. The fourth-order valence-electron chi connectivity index (χ4n) is 5.24. The van der Waals surface area contributed by atoms with Crippen molar-refractivity contribution in [2.24, 2.45) is 0 Å². The van der Waals surface area contributed by atoms with Crippen LogP contribution in [0.15, 0.2) is 18.2 Å². The zero-order valence-electron chi connectivity index (χ0n) is 20.8. The van der Waals surface area contributed by atoms with Crippen molar-refractivity contribution >= 4 is 34.9 Å². The highest BCUT2D eigenvalue weighted by Crippen LogP contribution is 2.33. The van der Waals surface area contributed by atoms with Crippen LogP contribution in [-0.4, -0.2) is 52.4 Å². The lowest BCUT2D eigenvalue weighted by atomic mass is 9.95. The van der Waals surface area contributed by atoms with Crippen molar-refractivity contribution in [3.05, 3.63) is 34.3 Å². The Hall–Kier alpha value is -3.34. The molecule has 5 rings (SSSR count). The van der Waals surface area contributed by atoms with Gasteiger partial charge in [-0.05, 0) is 54.9 Å². The Labute approximate surface area is 220 Å². The number of hydrogen-bond donors (Lipinski definition) is 3. The number of rotatable bonds is 8. The molecule has 0 spiro atoms. The Morgan fingerprint density at radius 3 is 2.41 bits per heavy atom. The van der Waals surface area contributed by atoms with Gasteiger partial charge in [-0.1, -0.05) is 38.2 Å². The van der Waals surface area contributed by atoms with Crippen LogP contribution in [0.4, 0.5) is 5.69 Å². The number of nitrogens with one attached hydrogen (secondary N) is 2. The van der Waals surface area contributed by atoms with Crippen LogP contribution in [-0.2, 0) is 11.3 Å². The first-order chi connectivity index (χ1) is 18.0. The first-order valence-corrected chi connectivity index (χ1v) is 13.8. The van der Waals surface area contributed by atoms with Crippen LogP contribution in [0.1, 0.15) is 83.5 Å². The molecule has 0 saturated heterocycles. The average molecular weight is 528 g/mol. The molecule has 37 heavy (non-hydrogen) atoms. The minimum Gasteiger partial charge on any atom is -0.454 e. The lowest BCUT2D eigenvalue weighted by Crippen LogP contribution is -2.43. The van der Waals surface area contributed by atoms with Crippen LogP contribution in [0.2, 0.25) is 0 Å². The van der Waals surface area contributed by atoms with Gasteiger partial charge in [0, 0.05) is 18.6 Å². The fraction of sp³-hybridized carbons (Fsp3) is 0.538. The normalized spacial score (nSPS) is 17.5. The van der Waals surface area contributed by atoms with E-state index in [4.69, 9.17) is 15.2 Å². The molecule has 2 heterocycles. The van der Waals surface area contributed by atoms with E-state index in [1.54, 1.807) is 12.1 Å². The summed E-state index contributed by atoms with van der Waals surface area (Å²) in [6.07, 6.45) is 9.28. The average Bonchev–Trinajstić information content (AvgIpc) is 3.65. The lowest BCUT2D eigenvalue weighted by Gasteiger charge is -2.23. The summed E-state index contributed by atoms with van der Waals surface area (Å²) in [4.78, 5) is 41.0. The molecule has 1 aromatic heterocycles. The van der Waals surface area contributed by atoms with E-state index in [2.05, 4.69) is 15.0 Å². The van der Waals surface area contributed by atoms with Crippen LogP contribution < -0.4 is 25.8 Å². The van der Waals surface area contributed by atoms with E-state index >= 15 is 0 Å². The second kappa shape index (κ2) is 11.4. The molecule has 2 saturated carbocycles. The molecule has 2 aromatic rings. The second-order valence-electron chi connectivity index (χ2n) is 9.98. The molecule has 0 unspecified atom stereocenters. The number of amides is 3. The van der Waals surface area contributed by atoms with E-state index in [0.29, 0.717) is 11.5 Å². The van der Waals surface area contributed by atoms with Crippen molar-refractivity contribution < 1.29 is 23.9 Å². The van der Waals surface area contributed by atoms with Crippen LogP contribution >= 0.6 is 11.5 Å². The van der Waals surface area contributed by atoms with Crippen molar-refractivity contribution in [2.45, 2.75) is 76.4 Å². The maximum absolute atomic E-state index is 13.7. The van der Waals surface area contributed by atoms with Gasteiger partial charge in [0.15, 0.2) is 17.2 Å². The molecule has 1 aromatic carbocycles. The van der Waals surface area contributed by atoms with Crippen LogP contribution in [0.25, 0.3) is 0 Å². The molecule has 3 amide bonds. The highest BCUT2D eigenvalue weighted by atomic mass is 32.1.